The molecule has 0 aliphatic carbocycles. The van der Waals surface area contributed by atoms with Gasteiger partial charge in [0.05, 0.1) is 11.8 Å². The zero-order valence-corrected chi connectivity index (χ0v) is 9.96. The predicted molar refractivity (Wildman–Crippen MR) is 65.4 cm³/mol. The third kappa shape index (κ3) is 2.22. The molecule has 6 nitrogen and oxygen atoms in total. The van der Waals surface area contributed by atoms with E-state index in [9.17, 15) is 9.59 Å². The van der Waals surface area contributed by atoms with E-state index in [2.05, 4.69) is 9.97 Å². The molecule has 0 aromatic carbocycles. The van der Waals surface area contributed by atoms with Gasteiger partial charge in [-0.05, 0) is 19.1 Å². The molecule has 0 amide bonds. The molecule has 6 heteroatoms. The van der Waals surface area contributed by atoms with E-state index in [1.165, 1.54) is 4.57 Å². The van der Waals surface area contributed by atoms with Crippen LogP contribution in [0.1, 0.15) is 19.2 Å². The van der Waals surface area contributed by atoms with Gasteiger partial charge in [-0.25, -0.2) is 9.97 Å². The SMILES string of the molecule is CCn1c(CCC(=O)O)nc2ncccc2c1=O. The summed E-state index contributed by atoms with van der Waals surface area (Å²) in [6, 6.07) is 3.35. The summed E-state index contributed by atoms with van der Waals surface area (Å²) in [5.41, 5.74) is 0.198. The first-order valence-electron chi connectivity index (χ1n) is 5.69. The number of pyridine rings is 1. The molecule has 1 N–H and O–H groups in total. The average Bonchev–Trinajstić information content (AvgIpc) is 2.36. The van der Waals surface area contributed by atoms with Crippen LogP contribution in [0.3, 0.4) is 0 Å². The molecule has 18 heavy (non-hydrogen) atoms. The Labute approximate surface area is 103 Å². The van der Waals surface area contributed by atoms with Crippen molar-refractivity contribution >= 4 is 17.0 Å². The largest absolute Gasteiger partial charge is 0.481 e. The van der Waals surface area contributed by atoms with Crippen LogP contribution in [-0.4, -0.2) is 25.6 Å². The Morgan fingerprint density at radius 1 is 1.50 bits per heavy atom. The van der Waals surface area contributed by atoms with Crippen LogP contribution in [0.5, 0.6) is 0 Å². The Morgan fingerprint density at radius 3 is 2.94 bits per heavy atom. The standard InChI is InChI=1S/C12H13N3O3/c1-2-15-9(5-6-10(16)17)14-11-8(12(15)18)4-3-7-13-11/h3-4,7H,2,5-6H2,1H3,(H,16,17). The van der Waals surface area contributed by atoms with Crippen molar-refractivity contribution < 1.29 is 9.90 Å². The lowest BCUT2D eigenvalue weighted by Crippen LogP contribution is -2.25. The number of aryl methyl sites for hydroxylation is 1. The van der Waals surface area contributed by atoms with Gasteiger partial charge >= 0.3 is 5.97 Å². The molecule has 0 spiro atoms. The van der Waals surface area contributed by atoms with Crippen molar-refractivity contribution in [3.63, 3.8) is 0 Å². The molecule has 0 aliphatic heterocycles. The number of carbonyl (C=O) groups is 1. The van der Waals surface area contributed by atoms with Crippen LogP contribution in [0.15, 0.2) is 23.1 Å². The molecular weight excluding hydrogens is 234 g/mol. The van der Waals surface area contributed by atoms with Gasteiger partial charge in [0, 0.05) is 19.2 Å². The number of aliphatic carboxylic acids is 1. The summed E-state index contributed by atoms with van der Waals surface area (Å²) < 4.78 is 1.49. The fourth-order valence-electron chi connectivity index (χ4n) is 1.83. The molecule has 2 aromatic heterocycles. The predicted octanol–water partition coefficient (Wildman–Crippen LogP) is 0.829. The Kier molecular flexibility index (Phi) is 3.36. The fraction of sp³-hybridized carbons (Fsp3) is 0.333. The molecule has 0 atom stereocenters. The van der Waals surface area contributed by atoms with Crippen LogP contribution >= 0.6 is 0 Å². The zero-order chi connectivity index (χ0) is 13.1. The molecule has 2 rings (SSSR count). The normalized spacial score (nSPS) is 10.7. The quantitative estimate of drug-likeness (QED) is 0.864. The minimum absolute atomic E-state index is 0.0508. The van der Waals surface area contributed by atoms with Crippen molar-refractivity contribution in [2.45, 2.75) is 26.3 Å². The Balaban J connectivity index is 2.58. The maximum Gasteiger partial charge on any atom is 0.303 e. The lowest BCUT2D eigenvalue weighted by molar-refractivity contribution is -0.137. The minimum atomic E-state index is -0.909. The lowest BCUT2D eigenvalue weighted by atomic mass is 10.2. The van der Waals surface area contributed by atoms with Crippen LogP contribution < -0.4 is 5.56 Å². The van der Waals surface area contributed by atoms with Gasteiger partial charge in [-0.2, -0.15) is 0 Å². The van der Waals surface area contributed by atoms with Crippen molar-refractivity contribution in [3.8, 4) is 0 Å². The number of nitrogens with zero attached hydrogens (tertiary/aromatic N) is 3. The number of carboxylic acids is 1. The van der Waals surface area contributed by atoms with Gasteiger partial charge in [0.25, 0.3) is 5.56 Å². The van der Waals surface area contributed by atoms with E-state index in [0.29, 0.717) is 23.4 Å². The van der Waals surface area contributed by atoms with Gasteiger partial charge in [0.15, 0.2) is 5.65 Å². The number of hydrogen-bond acceptors (Lipinski definition) is 4. The first-order chi connectivity index (χ1) is 8.63. The van der Waals surface area contributed by atoms with E-state index < -0.39 is 5.97 Å². The van der Waals surface area contributed by atoms with Crippen LogP contribution in [0.2, 0.25) is 0 Å². The molecular formula is C12H13N3O3. The molecule has 0 saturated carbocycles. The monoisotopic (exact) mass is 247 g/mol. The van der Waals surface area contributed by atoms with E-state index >= 15 is 0 Å². The summed E-state index contributed by atoms with van der Waals surface area (Å²) >= 11 is 0. The van der Waals surface area contributed by atoms with Crippen LogP contribution in [-0.2, 0) is 17.8 Å². The van der Waals surface area contributed by atoms with Crippen LogP contribution in [0, 0.1) is 0 Å². The van der Waals surface area contributed by atoms with E-state index in [4.69, 9.17) is 5.11 Å². The van der Waals surface area contributed by atoms with E-state index in [-0.39, 0.29) is 18.4 Å². The van der Waals surface area contributed by atoms with Gasteiger partial charge in [0.1, 0.15) is 5.82 Å². The first kappa shape index (κ1) is 12.2. The van der Waals surface area contributed by atoms with Crippen molar-refractivity contribution in [1.29, 1.82) is 0 Å². The highest BCUT2D eigenvalue weighted by molar-refractivity contribution is 5.73. The average molecular weight is 247 g/mol. The fourth-order valence-corrected chi connectivity index (χ4v) is 1.83. The highest BCUT2D eigenvalue weighted by Crippen LogP contribution is 2.06. The van der Waals surface area contributed by atoms with Gasteiger partial charge < -0.3 is 5.11 Å². The summed E-state index contributed by atoms with van der Waals surface area (Å²) in [6.07, 6.45) is 1.74. The topological polar surface area (TPSA) is 85.1 Å². The number of fused-ring (bicyclic) bond motifs is 1. The summed E-state index contributed by atoms with van der Waals surface area (Å²) in [6.45, 7) is 2.29. The Hall–Kier alpha value is -2.24. The summed E-state index contributed by atoms with van der Waals surface area (Å²) in [7, 11) is 0. The van der Waals surface area contributed by atoms with E-state index in [0.717, 1.165) is 0 Å². The molecule has 0 fully saturated rings. The second kappa shape index (κ2) is 4.95. The summed E-state index contributed by atoms with van der Waals surface area (Å²) in [5, 5.41) is 9.15. The number of rotatable bonds is 4. The first-order valence-corrected chi connectivity index (χ1v) is 5.69. The van der Waals surface area contributed by atoms with E-state index in [1.807, 2.05) is 6.92 Å². The van der Waals surface area contributed by atoms with Crippen molar-refractivity contribution in [2.24, 2.45) is 0 Å². The Morgan fingerprint density at radius 2 is 2.28 bits per heavy atom. The van der Waals surface area contributed by atoms with Crippen molar-refractivity contribution in [1.82, 2.24) is 14.5 Å². The number of carboxylic acid groups (broad SMARTS) is 1. The van der Waals surface area contributed by atoms with Gasteiger partial charge in [-0.1, -0.05) is 0 Å². The van der Waals surface area contributed by atoms with Gasteiger partial charge in [0.2, 0.25) is 0 Å². The Bertz CT molecular complexity index is 649. The number of hydrogen-bond donors (Lipinski definition) is 1. The van der Waals surface area contributed by atoms with Crippen LogP contribution in [0.25, 0.3) is 11.0 Å². The lowest BCUT2D eigenvalue weighted by Gasteiger charge is -2.10. The van der Waals surface area contributed by atoms with Gasteiger partial charge in [-0.3, -0.25) is 14.2 Å². The van der Waals surface area contributed by atoms with E-state index in [1.54, 1.807) is 18.3 Å². The smallest absolute Gasteiger partial charge is 0.303 e. The third-order valence-corrected chi connectivity index (χ3v) is 2.69. The van der Waals surface area contributed by atoms with Crippen molar-refractivity contribution in [2.75, 3.05) is 0 Å². The van der Waals surface area contributed by atoms with Crippen LogP contribution in [0.4, 0.5) is 0 Å². The summed E-state index contributed by atoms with van der Waals surface area (Å²) in [5.74, 6) is -0.441. The van der Waals surface area contributed by atoms with Gasteiger partial charge in [-0.15, -0.1) is 0 Å². The second-order valence-corrected chi connectivity index (χ2v) is 3.85. The molecule has 0 bridgehead atoms. The van der Waals surface area contributed by atoms with Crippen molar-refractivity contribution in [3.05, 3.63) is 34.5 Å². The minimum Gasteiger partial charge on any atom is -0.481 e. The highest BCUT2D eigenvalue weighted by atomic mass is 16.4. The maximum atomic E-state index is 12.2. The molecule has 0 unspecified atom stereocenters. The second-order valence-electron chi connectivity index (χ2n) is 3.85. The highest BCUT2D eigenvalue weighted by Gasteiger charge is 2.11. The molecule has 94 valence electrons. The molecule has 0 aliphatic rings. The number of aromatic nitrogens is 3. The summed E-state index contributed by atoms with van der Waals surface area (Å²) in [4.78, 5) is 31.1. The maximum absolute atomic E-state index is 12.2. The molecule has 2 heterocycles. The molecule has 2 aromatic rings. The third-order valence-electron chi connectivity index (χ3n) is 2.69. The molecule has 0 saturated heterocycles. The molecule has 0 radical (unpaired) electrons. The zero-order valence-electron chi connectivity index (χ0n) is 9.96.